The zero-order valence-electron chi connectivity index (χ0n) is 16.4. The van der Waals surface area contributed by atoms with Crippen LogP contribution in [0.2, 0.25) is 0 Å². The van der Waals surface area contributed by atoms with Gasteiger partial charge in [-0.05, 0) is 62.1 Å². The van der Waals surface area contributed by atoms with Gasteiger partial charge in [0, 0.05) is 37.8 Å². The smallest absolute Gasteiger partial charge is 0.305 e. The molecule has 3 heterocycles. The third kappa shape index (κ3) is 4.29. The lowest BCUT2D eigenvalue weighted by Gasteiger charge is -2.59. The number of nitrogens with zero attached hydrogens (tertiary/aromatic N) is 2. The van der Waals surface area contributed by atoms with Crippen LogP contribution in [0.15, 0.2) is 12.1 Å². The molecule has 2 aliphatic heterocycles. The number of rotatable bonds is 8. The predicted octanol–water partition coefficient (Wildman–Crippen LogP) is 1.68. The Labute approximate surface area is 165 Å². The molecule has 0 bridgehead atoms. The molecule has 0 radical (unpaired) electrons. The van der Waals surface area contributed by atoms with Gasteiger partial charge < -0.3 is 20.6 Å². The van der Waals surface area contributed by atoms with E-state index in [1.165, 1.54) is 17.7 Å². The number of amides is 1. The number of aryl methyl sites for hydroxylation is 2. The van der Waals surface area contributed by atoms with Gasteiger partial charge >= 0.3 is 5.97 Å². The Bertz CT molecular complexity index is 737. The van der Waals surface area contributed by atoms with E-state index in [4.69, 9.17) is 10.1 Å². The van der Waals surface area contributed by atoms with Crippen LogP contribution < -0.4 is 10.6 Å². The minimum Gasteiger partial charge on any atom is -0.481 e. The normalized spacial score (nSPS) is 20.6. The number of nitrogens with one attached hydrogen (secondary N) is 2. The Balaban J connectivity index is 1.12. The minimum atomic E-state index is -0.873. The highest BCUT2D eigenvalue weighted by atomic mass is 16.4. The first-order valence-electron chi connectivity index (χ1n) is 10.5. The van der Waals surface area contributed by atoms with Crippen LogP contribution in [-0.2, 0) is 22.4 Å². The summed E-state index contributed by atoms with van der Waals surface area (Å²) in [6.45, 7) is 4.52. The molecular formula is C21H30N4O3. The Morgan fingerprint density at radius 3 is 2.93 bits per heavy atom. The fourth-order valence-corrected chi connectivity index (χ4v) is 4.92. The fourth-order valence-electron chi connectivity index (χ4n) is 4.92. The number of aromatic nitrogens is 1. The molecule has 1 aromatic heterocycles. The summed E-state index contributed by atoms with van der Waals surface area (Å²) in [5, 5.41) is 14.8. The van der Waals surface area contributed by atoms with Crippen molar-refractivity contribution in [2.75, 3.05) is 38.0 Å². The van der Waals surface area contributed by atoms with Crippen LogP contribution >= 0.6 is 0 Å². The van der Waals surface area contributed by atoms with Gasteiger partial charge in [0.25, 0.3) is 0 Å². The van der Waals surface area contributed by atoms with Gasteiger partial charge in [-0.15, -0.1) is 0 Å². The van der Waals surface area contributed by atoms with E-state index in [0.717, 1.165) is 64.1 Å². The Kier molecular flexibility index (Phi) is 5.53. The molecule has 1 amide bonds. The number of carboxylic acid groups (broad SMARTS) is 1. The van der Waals surface area contributed by atoms with Crippen molar-refractivity contribution in [3.63, 3.8) is 0 Å². The van der Waals surface area contributed by atoms with Gasteiger partial charge in [-0.25, -0.2) is 4.98 Å². The Morgan fingerprint density at radius 2 is 2.14 bits per heavy atom. The lowest BCUT2D eigenvalue weighted by Crippen LogP contribution is -2.64. The second-order valence-corrected chi connectivity index (χ2v) is 8.69. The van der Waals surface area contributed by atoms with Gasteiger partial charge in [0.15, 0.2) is 0 Å². The largest absolute Gasteiger partial charge is 0.481 e. The molecule has 7 nitrogen and oxygen atoms in total. The van der Waals surface area contributed by atoms with Crippen molar-refractivity contribution in [3.05, 3.63) is 23.4 Å². The third-order valence-corrected chi connectivity index (χ3v) is 6.34. The summed E-state index contributed by atoms with van der Waals surface area (Å²) in [6.07, 6.45) is 6.32. The monoisotopic (exact) mass is 386 g/mol. The maximum Gasteiger partial charge on any atom is 0.305 e. The summed E-state index contributed by atoms with van der Waals surface area (Å²) >= 11 is 0. The molecule has 28 heavy (non-hydrogen) atoms. The number of anilines is 1. The van der Waals surface area contributed by atoms with Crippen molar-refractivity contribution in [1.29, 1.82) is 0 Å². The molecule has 3 aliphatic rings. The van der Waals surface area contributed by atoms with E-state index in [9.17, 15) is 9.59 Å². The topological polar surface area (TPSA) is 94.6 Å². The highest BCUT2D eigenvalue weighted by molar-refractivity contribution is 5.80. The Hall–Kier alpha value is -2.15. The summed E-state index contributed by atoms with van der Waals surface area (Å²) in [6, 6.07) is 4.39. The number of aliphatic carboxylic acids is 1. The SMILES string of the molecule is O=C(O)CCNC(=O)C1CC2(C1)CN(CCCc1ccc3c(n1)NCCC3)C2. The first kappa shape index (κ1) is 19.2. The number of likely N-dealkylation sites (tertiary alicyclic amines) is 1. The average molecular weight is 386 g/mol. The van der Waals surface area contributed by atoms with Crippen molar-refractivity contribution >= 4 is 17.7 Å². The summed E-state index contributed by atoms with van der Waals surface area (Å²) < 4.78 is 0. The zero-order chi connectivity index (χ0) is 19.6. The maximum atomic E-state index is 12.0. The van der Waals surface area contributed by atoms with E-state index < -0.39 is 5.97 Å². The quantitative estimate of drug-likeness (QED) is 0.629. The van der Waals surface area contributed by atoms with Gasteiger partial charge in [-0.1, -0.05) is 6.07 Å². The zero-order valence-corrected chi connectivity index (χ0v) is 16.4. The van der Waals surface area contributed by atoms with Crippen LogP contribution in [0.5, 0.6) is 0 Å². The molecule has 1 spiro atoms. The van der Waals surface area contributed by atoms with Crippen LogP contribution in [0.4, 0.5) is 5.82 Å². The van der Waals surface area contributed by atoms with Gasteiger partial charge in [-0.2, -0.15) is 0 Å². The highest BCUT2D eigenvalue weighted by Crippen LogP contribution is 2.51. The number of carboxylic acids is 1. The van der Waals surface area contributed by atoms with Crippen LogP contribution in [0, 0.1) is 11.3 Å². The molecule has 152 valence electrons. The van der Waals surface area contributed by atoms with Crippen LogP contribution in [0.3, 0.4) is 0 Å². The molecule has 4 rings (SSSR count). The number of carbonyl (C=O) groups excluding carboxylic acids is 1. The van der Waals surface area contributed by atoms with E-state index in [1.54, 1.807) is 0 Å². The first-order valence-corrected chi connectivity index (χ1v) is 10.5. The molecular weight excluding hydrogens is 356 g/mol. The fraction of sp³-hybridized carbons (Fsp3) is 0.667. The molecule has 1 saturated heterocycles. The van der Waals surface area contributed by atoms with Gasteiger partial charge in [-0.3, -0.25) is 9.59 Å². The van der Waals surface area contributed by atoms with Crippen molar-refractivity contribution in [1.82, 2.24) is 15.2 Å². The van der Waals surface area contributed by atoms with Crippen LogP contribution in [0.25, 0.3) is 0 Å². The number of hydrogen-bond acceptors (Lipinski definition) is 5. The van der Waals surface area contributed by atoms with Crippen LogP contribution in [-0.4, -0.2) is 59.6 Å². The van der Waals surface area contributed by atoms with E-state index >= 15 is 0 Å². The second kappa shape index (κ2) is 8.07. The number of fused-ring (bicyclic) bond motifs is 1. The van der Waals surface area contributed by atoms with Crippen LogP contribution in [0.1, 0.15) is 43.4 Å². The van der Waals surface area contributed by atoms with E-state index in [2.05, 4.69) is 27.7 Å². The number of hydrogen-bond donors (Lipinski definition) is 3. The van der Waals surface area contributed by atoms with Crippen molar-refractivity contribution in [3.8, 4) is 0 Å². The summed E-state index contributed by atoms with van der Waals surface area (Å²) in [5.74, 6) is 0.302. The molecule has 1 saturated carbocycles. The summed E-state index contributed by atoms with van der Waals surface area (Å²) in [7, 11) is 0. The molecule has 0 atom stereocenters. The van der Waals surface area contributed by atoms with Crippen molar-refractivity contribution < 1.29 is 14.7 Å². The molecule has 1 aromatic rings. The minimum absolute atomic E-state index is 0.00742. The van der Waals surface area contributed by atoms with E-state index in [1.807, 2.05) is 0 Å². The van der Waals surface area contributed by atoms with E-state index in [-0.39, 0.29) is 24.8 Å². The summed E-state index contributed by atoms with van der Waals surface area (Å²) in [5.41, 5.74) is 2.85. The number of pyridine rings is 1. The standard InChI is InChI=1S/C21H30N4O3/c26-18(27)7-9-23-20(28)16-11-21(12-16)13-25(14-21)10-2-4-17-6-5-15-3-1-8-22-19(15)24-17/h5-6,16H,1-4,7-14H2,(H,22,24)(H,23,28)(H,26,27). The van der Waals surface area contributed by atoms with Gasteiger partial charge in [0.05, 0.1) is 6.42 Å². The highest BCUT2D eigenvalue weighted by Gasteiger charge is 2.53. The molecule has 3 N–H and O–H groups in total. The summed E-state index contributed by atoms with van der Waals surface area (Å²) in [4.78, 5) is 29.8. The van der Waals surface area contributed by atoms with Crippen molar-refractivity contribution in [2.45, 2.75) is 44.9 Å². The third-order valence-electron chi connectivity index (χ3n) is 6.34. The Morgan fingerprint density at radius 1 is 1.32 bits per heavy atom. The van der Waals surface area contributed by atoms with Crippen molar-refractivity contribution in [2.24, 2.45) is 11.3 Å². The molecule has 7 heteroatoms. The van der Waals surface area contributed by atoms with Gasteiger partial charge in [0.2, 0.25) is 5.91 Å². The molecule has 1 aliphatic carbocycles. The predicted molar refractivity (Wildman–Crippen MR) is 106 cm³/mol. The molecule has 0 unspecified atom stereocenters. The van der Waals surface area contributed by atoms with Gasteiger partial charge in [0.1, 0.15) is 5.82 Å². The molecule has 0 aromatic carbocycles. The first-order chi connectivity index (χ1) is 13.5. The number of carbonyl (C=O) groups is 2. The molecule has 2 fully saturated rings. The van der Waals surface area contributed by atoms with E-state index in [0.29, 0.717) is 5.41 Å². The average Bonchev–Trinajstić information content (AvgIpc) is 2.61. The lowest BCUT2D eigenvalue weighted by molar-refractivity contribution is -0.144. The lowest BCUT2D eigenvalue weighted by atomic mass is 9.57. The second-order valence-electron chi connectivity index (χ2n) is 8.69. The maximum absolute atomic E-state index is 12.0.